The van der Waals surface area contributed by atoms with Crippen molar-refractivity contribution in [3.05, 3.63) is 35.7 Å². The summed E-state index contributed by atoms with van der Waals surface area (Å²) >= 11 is 0. The largest absolute Gasteiger partial charge is 0.366 e. The highest BCUT2D eigenvalue weighted by Crippen LogP contribution is 2.40. The maximum atomic E-state index is 10.8. The van der Waals surface area contributed by atoms with E-state index in [-0.39, 0.29) is 5.54 Å². The van der Waals surface area contributed by atoms with Gasteiger partial charge in [-0.05, 0) is 56.9 Å². The summed E-state index contributed by atoms with van der Waals surface area (Å²) in [5.41, 5.74) is 7.96. The number of nitrogens with two attached hydrogens (primary N) is 1. The fourth-order valence-corrected chi connectivity index (χ4v) is 3.06. The van der Waals surface area contributed by atoms with Crippen LogP contribution in [0, 0.1) is 0 Å². The molecule has 5 heteroatoms. The fourth-order valence-electron chi connectivity index (χ4n) is 3.06. The summed E-state index contributed by atoms with van der Waals surface area (Å²) in [5.74, 6) is 0.566. The number of amides is 1. The molecule has 0 bridgehead atoms. The Bertz CT molecular complexity index is 725. The Hall–Kier alpha value is -2.14. The number of fused-ring (bicyclic) bond motifs is 1. The van der Waals surface area contributed by atoms with E-state index in [2.05, 4.69) is 24.1 Å². The highest BCUT2D eigenvalue weighted by Gasteiger charge is 2.41. The number of H-pyrrole nitrogens is 1. The van der Waals surface area contributed by atoms with Gasteiger partial charge in [-0.25, -0.2) is 4.98 Å². The average molecular weight is 298 g/mol. The number of hydrogen-bond acceptors (Lipinski definition) is 3. The molecule has 1 aliphatic rings. The lowest BCUT2D eigenvalue weighted by Crippen LogP contribution is -2.51. The SMILES string of the molecule is CC(C)NC1(c2nc3cc(/C=C/C(N)=O)ccc3[nH]2)CCC1. The minimum atomic E-state index is -0.447. The van der Waals surface area contributed by atoms with E-state index in [1.807, 2.05) is 18.2 Å². The minimum Gasteiger partial charge on any atom is -0.366 e. The van der Waals surface area contributed by atoms with Crippen LogP contribution in [0.15, 0.2) is 24.3 Å². The molecule has 5 nitrogen and oxygen atoms in total. The Labute approximate surface area is 130 Å². The normalized spacial score (nSPS) is 17.2. The maximum absolute atomic E-state index is 10.8. The molecule has 4 N–H and O–H groups in total. The number of hydrogen-bond donors (Lipinski definition) is 3. The van der Waals surface area contributed by atoms with Crippen molar-refractivity contribution in [3.63, 3.8) is 0 Å². The molecule has 1 aromatic heterocycles. The van der Waals surface area contributed by atoms with Crippen LogP contribution in [0.5, 0.6) is 0 Å². The summed E-state index contributed by atoms with van der Waals surface area (Å²) in [6.07, 6.45) is 6.52. The first kappa shape index (κ1) is 14.8. The Morgan fingerprint density at radius 3 is 2.82 bits per heavy atom. The van der Waals surface area contributed by atoms with E-state index in [1.165, 1.54) is 12.5 Å². The topological polar surface area (TPSA) is 83.8 Å². The molecule has 1 amide bonds. The van der Waals surface area contributed by atoms with Crippen LogP contribution in [0.3, 0.4) is 0 Å². The molecule has 0 unspecified atom stereocenters. The third kappa shape index (κ3) is 2.76. The molecular formula is C17H22N4O. The summed E-state index contributed by atoms with van der Waals surface area (Å²) in [4.78, 5) is 19.1. The van der Waals surface area contributed by atoms with Crippen molar-refractivity contribution in [1.29, 1.82) is 0 Å². The van der Waals surface area contributed by atoms with Gasteiger partial charge < -0.3 is 16.0 Å². The number of primary amides is 1. The van der Waals surface area contributed by atoms with Crippen molar-refractivity contribution in [1.82, 2.24) is 15.3 Å². The lowest BCUT2D eigenvalue weighted by Gasteiger charge is -2.42. The van der Waals surface area contributed by atoms with Crippen LogP contribution in [0.25, 0.3) is 17.1 Å². The number of nitrogens with one attached hydrogen (secondary N) is 2. The van der Waals surface area contributed by atoms with Crippen LogP contribution in [0.4, 0.5) is 0 Å². The van der Waals surface area contributed by atoms with Gasteiger partial charge in [-0.2, -0.15) is 0 Å². The zero-order valence-electron chi connectivity index (χ0n) is 13.0. The minimum absolute atomic E-state index is 0.0174. The predicted octanol–water partition coefficient (Wildman–Crippen LogP) is 2.44. The van der Waals surface area contributed by atoms with Crippen LogP contribution < -0.4 is 11.1 Å². The van der Waals surface area contributed by atoms with Gasteiger partial charge in [0.2, 0.25) is 5.91 Å². The van der Waals surface area contributed by atoms with Crippen molar-refractivity contribution < 1.29 is 4.79 Å². The predicted molar refractivity (Wildman–Crippen MR) is 88.1 cm³/mol. The molecule has 116 valence electrons. The highest BCUT2D eigenvalue weighted by atomic mass is 16.1. The summed E-state index contributed by atoms with van der Waals surface area (Å²) in [7, 11) is 0. The Morgan fingerprint density at radius 2 is 2.23 bits per heavy atom. The van der Waals surface area contributed by atoms with Gasteiger partial charge >= 0.3 is 0 Å². The number of carbonyl (C=O) groups excluding carboxylic acids is 1. The van der Waals surface area contributed by atoms with Crippen LogP contribution >= 0.6 is 0 Å². The van der Waals surface area contributed by atoms with Gasteiger partial charge in [-0.1, -0.05) is 6.07 Å². The Balaban J connectivity index is 1.94. The van der Waals surface area contributed by atoms with E-state index in [1.54, 1.807) is 6.08 Å². The molecular weight excluding hydrogens is 276 g/mol. The van der Waals surface area contributed by atoms with Gasteiger partial charge in [0.15, 0.2) is 0 Å². The molecule has 0 aliphatic heterocycles. The maximum Gasteiger partial charge on any atom is 0.241 e. The first-order valence-corrected chi connectivity index (χ1v) is 7.74. The third-order valence-corrected chi connectivity index (χ3v) is 4.17. The molecule has 0 saturated heterocycles. The number of aromatic amines is 1. The fraction of sp³-hybridized carbons (Fsp3) is 0.412. The van der Waals surface area contributed by atoms with Gasteiger partial charge in [-0.3, -0.25) is 4.79 Å². The van der Waals surface area contributed by atoms with Crippen molar-refractivity contribution in [2.24, 2.45) is 5.73 Å². The Morgan fingerprint density at radius 1 is 1.45 bits per heavy atom. The molecule has 1 saturated carbocycles. The average Bonchev–Trinajstić information content (AvgIpc) is 2.83. The van der Waals surface area contributed by atoms with E-state index in [9.17, 15) is 4.79 Å². The molecule has 1 aliphatic carbocycles. The number of carbonyl (C=O) groups is 1. The molecule has 1 fully saturated rings. The molecule has 0 radical (unpaired) electrons. The van der Waals surface area contributed by atoms with Crippen LogP contribution in [0.1, 0.15) is 44.5 Å². The standard InChI is InChI=1S/C17H22N4O/c1-11(2)21-17(8-3-9-17)16-19-13-6-4-12(5-7-15(18)22)10-14(13)20-16/h4-7,10-11,21H,3,8-9H2,1-2H3,(H2,18,22)(H,19,20)/b7-5+. The second kappa shape index (κ2) is 5.57. The molecule has 1 heterocycles. The summed E-state index contributed by atoms with van der Waals surface area (Å²) < 4.78 is 0. The van der Waals surface area contributed by atoms with Crippen molar-refractivity contribution in [2.75, 3.05) is 0 Å². The second-order valence-corrected chi connectivity index (χ2v) is 6.33. The van der Waals surface area contributed by atoms with Crippen molar-refractivity contribution in [3.8, 4) is 0 Å². The first-order valence-electron chi connectivity index (χ1n) is 7.74. The molecule has 0 atom stereocenters. The van der Waals surface area contributed by atoms with Gasteiger partial charge in [-0.15, -0.1) is 0 Å². The number of nitrogens with zero attached hydrogens (tertiary/aromatic N) is 1. The second-order valence-electron chi connectivity index (χ2n) is 6.33. The van der Waals surface area contributed by atoms with Gasteiger partial charge in [0.05, 0.1) is 16.6 Å². The van der Waals surface area contributed by atoms with Gasteiger partial charge in [0.25, 0.3) is 0 Å². The molecule has 0 spiro atoms. The number of rotatable bonds is 5. The zero-order chi connectivity index (χ0) is 15.7. The van der Waals surface area contributed by atoms with E-state index >= 15 is 0 Å². The number of benzene rings is 1. The molecule has 2 aromatic rings. The lowest BCUT2D eigenvalue weighted by atomic mass is 9.75. The Kier molecular flexibility index (Phi) is 3.74. The summed E-state index contributed by atoms with van der Waals surface area (Å²) in [6, 6.07) is 6.33. The monoisotopic (exact) mass is 298 g/mol. The molecule has 1 aromatic carbocycles. The van der Waals surface area contributed by atoms with E-state index in [4.69, 9.17) is 10.7 Å². The molecule has 22 heavy (non-hydrogen) atoms. The van der Waals surface area contributed by atoms with E-state index in [0.717, 1.165) is 35.3 Å². The first-order chi connectivity index (χ1) is 10.5. The smallest absolute Gasteiger partial charge is 0.241 e. The highest BCUT2D eigenvalue weighted by molar-refractivity contribution is 5.91. The van der Waals surface area contributed by atoms with Crippen molar-refractivity contribution >= 4 is 23.0 Å². The van der Waals surface area contributed by atoms with E-state index in [0.29, 0.717) is 6.04 Å². The van der Waals surface area contributed by atoms with Crippen LogP contribution in [-0.4, -0.2) is 21.9 Å². The quantitative estimate of drug-likeness (QED) is 0.741. The van der Waals surface area contributed by atoms with Gasteiger partial charge in [0, 0.05) is 12.1 Å². The number of aromatic nitrogens is 2. The van der Waals surface area contributed by atoms with E-state index < -0.39 is 5.91 Å². The molecule has 3 rings (SSSR count). The van der Waals surface area contributed by atoms with Crippen LogP contribution in [-0.2, 0) is 10.3 Å². The van der Waals surface area contributed by atoms with Gasteiger partial charge in [0.1, 0.15) is 5.82 Å². The number of imidazole rings is 1. The lowest BCUT2D eigenvalue weighted by molar-refractivity contribution is -0.113. The van der Waals surface area contributed by atoms with Crippen LogP contribution in [0.2, 0.25) is 0 Å². The van der Waals surface area contributed by atoms with Crippen molar-refractivity contribution in [2.45, 2.75) is 44.7 Å². The third-order valence-electron chi connectivity index (χ3n) is 4.17. The summed E-state index contributed by atoms with van der Waals surface area (Å²) in [6.45, 7) is 4.32. The zero-order valence-corrected chi connectivity index (χ0v) is 13.0. The summed E-state index contributed by atoms with van der Waals surface area (Å²) in [5, 5.41) is 3.66.